The number of amides is 1. The van der Waals surface area contributed by atoms with Gasteiger partial charge in [0.25, 0.3) is 10.0 Å². The van der Waals surface area contributed by atoms with Gasteiger partial charge in [-0.25, -0.2) is 17.2 Å². The summed E-state index contributed by atoms with van der Waals surface area (Å²) in [5, 5.41) is 5.86. The highest BCUT2D eigenvalue weighted by molar-refractivity contribution is 7.90. The zero-order chi connectivity index (χ0) is 26.9. The zero-order valence-electron chi connectivity index (χ0n) is 21.6. The van der Waals surface area contributed by atoms with Crippen molar-refractivity contribution in [2.24, 2.45) is 0 Å². The molecule has 5 aromatic rings. The van der Waals surface area contributed by atoms with E-state index in [1.54, 1.807) is 36.5 Å². The van der Waals surface area contributed by atoms with Crippen molar-refractivity contribution in [3.63, 3.8) is 0 Å². The van der Waals surface area contributed by atoms with Crippen molar-refractivity contribution in [1.29, 1.82) is 0 Å². The number of benzene rings is 4. The molecule has 0 aliphatic rings. The van der Waals surface area contributed by atoms with Gasteiger partial charge in [-0.05, 0) is 78.9 Å². The molecule has 194 valence electrons. The Labute approximate surface area is 222 Å². The van der Waals surface area contributed by atoms with Gasteiger partial charge in [0.05, 0.1) is 10.4 Å². The zero-order valence-corrected chi connectivity index (χ0v) is 22.5. The number of alkyl carbamates (subject to hydrolysis) is 1. The molecule has 1 amide bonds. The molecule has 1 aromatic heterocycles. The van der Waals surface area contributed by atoms with E-state index < -0.39 is 21.7 Å². The Kier molecular flexibility index (Phi) is 6.71. The van der Waals surface area contributed by atoms with E-state index in [0.717, 1.165) is 32.8 Å². The molecule has 1 heterocycles. The van der Waals surface area contributed by atoms with E-state index in [2.05, 4.69) is 29.6 Å². The van der Waals surface area contributed by atoms with Crippen LogP contribution >= 0.6 is 0 Å². The predicted molar refractivity (Wildman–Crippen MR) is 152 cm³/mol. The minimum absolute atomic E-state index is 0.216. The van der Waals surface area contributed by atoms with Gasteiger partial charge in [0.1, 0.15) is 5.60 Å². The highest BCUT2D eigenvalue weighted by atomic mass is 32.2. The lowest BCUT2D eigenvalue weighted by molar-refractivity contribution is 0.0528. The summed E-state index contributed by atoms with van der Waals surface area (Å²) >= 11 is 0. The summed E-state index contributed by atoms with van der Waals surface area (Å²) in [6.07, 6.45) is 1.59. The Hall–Kier alpha value is -4.10. The number of ether oxygens (including phenoxy) is 1. The maximum atomic E-state index is 13.6. The van der Waals surface area contributed by atoms with Crippen LogP contribution in [0.5, 0.6) is 0 Å². The second kappa shape index (κ2) is 9.99. The van der Waals surface area contributed by atoms with E-state index in [-0.39, 0.29) is 4.90 Å². The lowest BCUT2D eigenvalue weighted by Crippen LogP contribution is -2.33. The van der Waals surface area contributed by atoms with Crippen molar-refractivity contribution in [3.05, 3.63) is 103 Å². The molecule has 0 fully saturated rings. The summed E-state index contributed by atoms with van der Waals surface area (Å²) < 4.78 is 33.9. The number of hydrogen-bond acceptors (Lipinski definition) is 4. The van der Waals surface area contributed by atoms with Crippen molar-refractivity contribution >= 4 is 37.8 Å². The second-order valence-corrected chi connectivity index (χ2v) is 12.0. The van der Waals surface area contributed by atoms with Crippen LogP contribution in [-0.4, -0.2) is 30.6 Å². The van der Waals surface area contributed by atoms with Crippen LogP contribution < -0.4 is 5.32 Å². The van der Waals surface area contributed by atoms with Crippen molar-refractivity contribution in [2.45, 2.75) is 37.7 Å². The van der Waals surface area contributed by atoms with E-state index >= 15 is 0 Å². The maximum absolute atomic E-state index is 13.6. The summed E-state index contributed by atoms with van der Waals surface area (Å²) in [5.74, 6) is 0. The highest BCUT2D eigenvalue weighted by Crippen LogP contribution is 2.34. The van der Waals surface area contributed by atoms with Crippen LogP contribution in [0.15, 0.2) is 102 Å². The maximum Gasteiger partial charge on any atom is 0.407 e. The summed E-state index contributed by atoms with van der Waals surface area (Å²) in [6, 6.07) is 28.6. The summed E-state index contributed by atoms with van der Waals surface area (Å²) in [5.41, 5.74) is 2.87. The number of nitrogens with zero attached hydrogens (tertiary/aromatic N) is 1. The Morgan fingerprint density at radius 2 is 1.58 bits per heavy atom. The number of carbonyl (C=O) groups excluding carboxylic acids is 1. The molecule has 0 radical (unpaired) electrons. The van der Waals surface area contributed by atoms with E-state index in [0.29, 0.717) is 18.5 Å². The van der Waals surface area contributed by atoms with Crippen LogP contribution in [0.4, 0.5) is 4.79 Å². The van der Waals surface area contributed by atoms with Crippen LogP contribution in [0.3, 0.4) is 0 Å². The molecule has 0 atom stereocenters. The molecule has 1 N–H and O–H groups in total. The molecule has 0 saturated heterocycles. The SMILES string of the molecule is CC(C)(C)OC(=O)NCCc1cn(S(=O)(=O)c2ccccc2)c2ccc(-c3cccc4ccccc34)cc12. The third-order valence-electron chi connectivity index (χ3n) is 6.32. The third kappa shape index (κ3) is 5.15. The molecule has 4 aromatic carbocycles. The highest BCUT2D eigenvalue weighted by Gasteiger charge is 2.22. The first-order chi connectivity index (χ1) is 18.1. The molecule has 0 unspecified atom stereocenters. The molecule has 38 heavy (non-hydrogen) atoms. The van der Waals surface area contributed by atoms with Crippen LogP contribution in [0.2, 0.25) is 0 Å². The van der Waals surface area contributed by atoms with Gasteiger partial charge in [-0.2, -0.15) is 0 Å². The molecular weight excluding hydrogens is 496 g/mol. The van der Waals surface area contributed by atoms with Crippen LogP contribution in [-0.2, 0) is 21.2 Å². The Morgan fingerprint density at radius 3 is 2.34 bits per heavy atom. The molecule has 7 heteroatoms. The molecule has 0 spiro atoms. The van der Waals surface area contributed by atoms with Gasteiger partial charge in [-0.3, -0.25) is 0 Å². The number of fused-ring (bicyclic) bond motifs is 2. The van der Waals surface area contributed by atoms with Crippen molar-refractivity contribution in [2.75, 3.05) is 6.54 Å². The fraction of sp³-hybridized carbons (Fsp3) is 0.194. The normalized spacial score (nSPS) is 12.1. The Balaban J connectivity index is 1.59. The first kappa shape index (κ1) is 25.5. The molecule has 5 rings (SSSR count). The van der Waals surface area contributed by atoms with E-state index in [9.17, 15) is 13.2 Å². The Morgan fingerprint density at radius 1 is 0.868 bits per heavy atom. The number of hydrogen-bond donors (Lipinski definition) is 1. The predicted octanol–water partition coefficient (Wildman–Crippen LogP) is 6.77. The molecule has 0 saturated carbocycles. The van der Waals surface area contributed by atoms with E-state index in [4.69, 9.17) is 4.74 Å². The third-order valence-corrected chi connectivity index (χ3v) is 8.00. The summed E-state index contributed by atoms with van der Waals surface area (Å²) in [6.45, 7) is 5.73. The fourth-order valence-electron chi connectivity index (χ4n) is 4.63. The number of carbonyl (C=O) groups is 1. The van der Waals surface area contributed by atoms with Crippen LogP contribution in [0.25, 0.3) is 32.8 Å². The molecule has 0 bridgehead atoms. The largest absolute Gasteiger partial charge is 0.444 e. The van der Waals surface area contributed by atoms with Gasteiger partial charge >= 0.3 is 6.09 Å². The average molecular weight is 527 g/mol. The van der Waals surface area contributed by atoms with E-state index in [1.807, 2.05) is 57.2 Å². The lowest BCUT2D eigenvalue weighted by Gasteiger charge is -2.19. The lowest BCUT2D eigenvalue weighted by atomic mass is 9.96. The van der Waals surface area contributed by atoms with Gasteiger partial charge in [0, 0.05) is 18.1 Å². The second-order valence-electron chi connectivity index (χ2n) is 10.2. The van der Waals surface area contributed by atoms with Crippen molar-refractivity contribution in [1.82, 2.24) is 9.29 Å². The average Bonchev–Trinajstić information content (AvgIpc) is 3.26. The van der Waals surface area contributed by atoms with Gasteiger partial charge in [0.15, 0.2) is 0 Å². The minimum atomic E-state index is -3.82. The summed E-state index contributed by atoms with van der Waals surface area (Å²) in [4.78, 5) is 12.4. The Bertz CT molecular complexity index is 1730. The monoisotopic (exact) mass is 526 g/mol. The minimum Gasteiger partial charge on any atom is -0.444 e. The first-order valence-corrected chi connectivity index (χ1v) is 14.0. The number of rotatable bonds is 6. The van der Waals surface area contributed by atoms with Gasteiger partial charge in [-0.1, -0.05) is 66.7 Å². The van der Waals surface area contributed by atoms with Crippen molar-refractivity contribution in [3.8, 4) is 11.1 Å². The molecular formula is C31H30N2O4S. The first-order valence-electron chi connectivity index (χ1n) is 12.5. The van der Waals surface area contributed by atoms with Gasteiger partial charge in [0.2, 0.25) is 0 Å². The molecule has 6 nitrogen and oxygen atoms in total. The topological polar surface area (TPSA) is 77.4 Å². The van der Waals surface area contributed by atoms with Gasteiger partial charge < -0.3 is 10.1 Å². The van der Waals surface area contributed by atoms with Gasteiger partial charge in [-0.15, -0.1) is 0 Å². The standard InChI is InChI=1S/C31H30N2O4S/c1-31(2,3)37-30(34)32-19-18-24-21-33(38(35,36)25-12-5-4-6-13-25)29-17-16-23(20-28(24)29)27-15-9-11-22-10-7-8-14-26(22)27/h4-17,20-21H,18-19H2,1-3H3,(H,32,34). The molecule has 0 aliphatic carbocycles. The van der Waals surface area contributed by atoms with Crippen molar-refractivity contribution < 1.29 is 17.9 Å². The molecule has 0 aliphatic heterocycles. The quantitative estimate of drug-likeness (QED) is 0.265. The summed E-state index contributed by atoms with van der Waals surface area (Å²) in [7, 11) is -3.82. The van der Waals surface area contributed by atoms with Crippen LogP contribution in [0, 0.1) is 0 Å². The van der Waals surface area contributed by atoms with Crippen LogP contribution in [0.1, 0.15) is 26.3 Å². The number of aromatic nitrogens is 1. The van der Waals surface area contributed by atoms with E-state index in [1.165, 1.54) is 3.97 Å². The fourth-order valence-corrected chi connectivity index (χ4v) is 6.04. The number of nitrogens with one attached hydrogen (secondary N) is 1. The smallest absolute Gasteiger partial charge is 0.407 e.